The Morgan fingerprint density at radius 2 is 1.12 bits per heavy atom. The van der Waals surface area contributed by atoms with E-state index in [0.717, 1.165) is 0 Å². The number of hydrogen-bond donors (Lipinski definition) is 2. The third kappa shape index (κ3) is 2.58. The van der Waals surface area contributed by atoms with Gasteiger partial charge in [0.05, 0.1) is 11.1 Å². The van der Waals surface area contributed by atoms with Crippen molar-refractivity contribution >= 4 is 11.6 Å². The van der Waals surface area contributed by atoms with Crippen molar-refractivity contribution in [2.45, 2.75) is 24.0 Å². The Morgan fingerprint density at radius 1 is 0.731 bits per heavy atom. The van der Waals surface area contributed by atoms with E-state index in [-0.39, 0.29) is 26.1 Å². The molecule has 2 atom stereocenters. The molecule has 0 aliphatic carbocycles. The number of fused-ring (bicyclic) bond motifs is 2. The number of hydrogen-bond acceptors (Lipinski definition) is 6. The Hall–Kier alpha value is -2.70. The quantitative estimate of drug-likeness (QED) is 0.873. The zero-order chi connectivity index (χ0) is 18.4. The number of aliphatic hydroxyl groups is 2. The molecule has 0 amide bonds. The minimum Gasteiger partial charge on any atom is -0.489 e. The van der Waals surface area contributed by atoms with Crippen LogP contribution in [0.15, 0.2) is 48.5 Å². The first-order chi connectivity index (χ1) is 12.4. The van der Waals surface area contributed by atoms with Gasteiger partial charge in [0.25, 0.3) is 0 Å². The van der Waals surface area contributed by atoms with Gasteiger partial charge in [-0.3, -0.25) is 9.59 Å². The van der Waals surface area contributed by atoms with Crippen molar-refractivity contribution < 1.29 is 29.3 Å². The molecule has 2 unspecified atom stereocenters. The van der Waals surface area contributed by atoms with Crippen LogP contribution in [-0.4, -0.2) is 46.2 Å². The maximum atomic E-state index is 12.7. The lowest BCUT2D eigenvalue weighted by atomic mass is 9.80. The van der Waals surface area contributed by atoms with Crippen LogP contribution >= 0.6 is 0 Å². The lowest BCUT2D eigenvalue weighted by molar-refractivity contribution is -0.0399. The summed E-state index contributed by atoms with van der Waals surface area (Å²) >= 11 is 0. The van der Waals surface area contributed by atoms with E-state index in [1.54, 1.807) is 48.5 Å². The van der Waals surface area contributed by atoms with Crippen LogP contribution in [0.1, 0.15) is 33.6 Å². The van der Waals surface area contributed by atoms with Crippen LogP contribution in [0.5, 0.6) is 11.5 Å². The van der Waals surface area contributed by atoms with Gasteiger partial charge in [0.2, 0.25) is 11.6 Å². The van der Waals surface area contributed by atoms with E-state index in [2.05, 4.69) is 0 Å². The fourth-order valence-corrected chi connectivity index (χ4v) is 3.37. The molecule has 2 aliphatic rings. The Labute approximate surface area is 150 Å². The van der Waals surface area contributed by atoms with E-state index in [9.17, 15) is 19.8 Å². The Bertz CT molecular complexity index is 818. The molecule has 0 saturated carbocycles. The predicted octanol–water partition coefficient (Wildman–Crippen LogP) is 1.78. The first-order valence-corrected chi connectivity index (χ1v) is 8.41. The molecule has 2 N–H and O–H groups in total. The molecule has 0 aromatic heterocycles. The second-order valence-corrected chi connectivity index (χ2v) is 6.79. The summed E-state index contributed by atoms with van der Waals surface area (Å²) in [6, 6.07) is 13.4. The summed E-state index contributed by atoms with van der Waals surface area (Å²) in [6.45, 7) is -0.435. The standard InChI is InChI=1S/C20H18O6/c21-17-13-5-1-3-7-15(13)25-11-19(17,23)9-10-20(24)12-26-16-8-4-2-6-14(16)18(20)22/h1-8,23-24H,9-12H2. The van der Waals surface area contributed by atoms with Crippen LogP contribution in [0.4, 0.5) is 0 Å². The van der Waals surface area contributed by atoms with Crippen molar-refractivity contribution in [1.82, 2.24) is 0 Å². The highest BCUT2D eigenvalue weighted by Crippen LogP contribution is 2.36. The highest BCUT2D eigenvalue weighted by Gasteiger charge is 2.48. The van der Waals surface area contributed by atoms with Gasteiger partial charge < -0.3 is 19.7 Å². The maximum Gasteiger partial charge on any atom is 0.201 e. The SMILES string of the molecule is O=C1c2ccccc2OCC1(O)CCC1(O)COc2ccccc2C1=O. The van der Waals surface area contributed by atoms with Crippen molar-refractivity contribution in [2.24, 2.45) is 0 Å². The Balaban J connectivity index is 1.54. The average molecular weight is 354 g/mol. The topological polar surface area (TPSA) is 93.1 Å². The van der Waals surface area contributed by atoms with Gasteiger partial charge in [-0.1, -0.05) is 24.3 Å². The number of carbonyl (C=O) groups is 2. The number of rotatable bonds is 3. The minimum absolute atomic E-state index is 0.117. The van der Waals surface area contributed by atoms with E-state index in [4.69, 9.17) is 9.47 Å². The molecule has 2 aromatic carbocycles. The zero-order valence-electron chi connectivity index (χ0n) is 14.0. The van der Waals surface area contributed by atoms with Crippen molar-refractivity contribution in [3.05, 3.63) is 59.7 Å². The number of ether oxygens (including phenoxy) is 2. The van der Waals surface area contributed by atoms with E-state index >= 15 is 0 Å². The number of benzene rings is 2. The Kier molecular flexibility index (Phi) is 3.82. The molecular weight excluding hydrogens is 336 g/mol. The maximum absolute atomic E-state index is 12.7. The Morgan fingerprint density at radius 3 is 1.54 bits per heavy atom. The number of Topliss-reactive ketones (excluding diaryl/α,β-unsaturated/α-hetero) is 2. The van der Waals surface area contributed by atoms with E-state index in [1.165, 1.54) is 0 Å². The third-order valence-corrected chi connectivity index (χ3v) is 4.99. The number of ketones is 2. The van der Waals surface area contributed by atoms with Gasteiger partial charge in [-0.05, 0) is 37.1 Å². The molecule has 0 radical (unpaired) electrons. The molecule has 0 fully saturated rings. The van der Waals surface area contributed by atoms with Gasteiger partial charge in [0.15, 0.2) is 11.2 Å². The third-order valence-electron chi connectivity index (χ3n) is 4.99. The molecule has 2 aromatic rings. The van der Waals surface area contributed by atoms with Crippen molar-refractivity contribution in [2.75, 3.05) is 13.2 Å². The fraction of sp³-hybridized carbons (Fsp3) is 0.300. The fourth-order valence-electron chi connectivity index (χ4n) is 3.37. The molecular formula is C20H18O6. The zero-order valence-corrected chi connectivity index (χ0v) is 14.0. The van der Waals surface area contributed by atoms with Gasteiger partial charge in [0.1, 0.15) is 24.7 Å². The van der Waals surface area contributed by atoms with Gasteiger partial charge >= 0.3 is 0 Å². The molecule has 26 heavy (non-hydrogen) atoms. The molecule has 134 valence electrons. The van der Waals surface area contributed by atoms with Gasteiger partial charge in [-0.2, -0.15) is 0 Å². The molecule has 2 aliphatic heterocycles. The largest absolute Gasteiger partial charge is 0.489 e. The summed E-state index contributed by atoms with van der Waals surface area (Å²) in [5.74, 6) is -0.0844. The van der Waals surface area contributed by atoms with Crippen LogP contribution < -0.4 is 9.47 Å². The molecule has 0 saturated heterocycles. The van der Waals surface area contributed by atoms with E-state index in [0.29, 0.717) is 22.6 Å². The summed E-state index contributed by atoms with van der Waals surface area (Å²) < 4.78 is 11.0. The summed E-state index contributed by atoms with van der Waals surface area (Å²) in [4.78, 5) is 25.3. The van der Waals surface area contributed by atoms with Gasteiger partial charge in [-0.15, -0.1) is 0 Å². The molecule has 6 nitrogen and oxygen atoms in total. The highest BCUT2D eigenvalue weighted by molar-refractivity contribution is 6.06. The van der Waals surface area contributed by atoms with Gasteiger partial charge in [0, 0.05) is 0 Å². The monoisotopic (exact) mass is 354 g/mol. The van der Waals surface area contributed by atoms with E-state index < -0.39 is 22.8 Å². The molecule has 6 heteroatoms. The number of para-hydroxylation sites is 2. The van der Waals surface area contributed by atoms with Crippen molar-refractivity contribution in [1.29, 1.82) is 0 Å². The second kappa shape index (κ2) is 5.93. The van der Waals surface area contributed by atoms with Crippen LogP contribution in [0.3, 0.4) is 0 Å². The first-order valence-electron chi connectivity index (χ1n) is 8.41. The smallest absolute Gasteiger partial charge is 0.201 e. The van der Waals surface area contributed by atoms with Crippen LogP contribution in [0, 0.1) is 0 Å². The lowest BCUT2D eigenvalue weighted by Crippen LogP contribution is -2.52. The summed E-state index contributed by atoms with van der Waals surface area (Å²) in [5.41, 5.74) is -2.99. The predicted molar refractivity (Wildman–Crippen MR) is 91.7 cm³/mol. The summed E-state index contributed by atoms with van der Waals surface area (Å²) in [5, 5.41) is 21.6. The van der Waals surface area contributed by atoms with Crippen LogP contribution in [-0.2, 0) is 0 Å². The normalized spacial score (nSPS) is 27.2. The van der Waals surface area contributed by atoms with Crippen molar-refractivity contribution in [3.63, 3.8) is 0 Å². The van der Waals surface area contributed by atoms with Gasteiger partial charge in [-0.25, -0.2) is 0 Å². The molecule has 0 spiro atoms. The first kappa shape index (κ1) is 16.8. The van der Waals surface area contributed by atoms with Crippen molar-refractivity contribution in [3.8, 4) is 11.5 Å². The summed E-state index contributed by atoms with van der Waals surface area (Å²) in [7, 11) is 0. The summed E-state index contributed by atoms with van der Waals surface area (Å²) in [6.07, 6.45) is -0.234. The average Bonchev–Trinajstić information content (AvgIpc) is 2.67. The minimum atomic E-state index is -1.79. The lowest BCUT2D eigenvalue weighted by Gasteiger charge is -2.36. The molecule has 4 rings (SSSR count). The van der Waals surface area contributed by atoms with Crippen LogP contribution in [0.25, 0.3) is 0 Å². The number of carbonyl (C=O) groups excluding carboxylic acids is 2. The molecule has 0 bridgehead atoms. The molecule has 2 heterocycles. The highest BCUT2D eigenvalue weighted by atomic mass is 16.5. The second-order valence-electron chi connectivity index (χ2n) is 6.79. The van der Waals surface area contributed by atoms with E-state index in [1.807, 2.05) is 0 Å². The van der Waals surface area contributed by atoms with Crippen LogP contribution in [0.2, 0.25) is 0 Å².